The van der Waals surface area contributed by atoms with E-state index in [0.29, 0.717) is 32.2 Å². The zero-order valence-electron chi connectivity index (χ0n) is 20.0. The summed E-state index contributed by atoms with van der Waals surface area (Å²) in [7, 11) is 0. The molecule has 2 amide bonds. The molecule has 2 atom stereocenters. The van der Waals surface area contributed by atoms with Gasteiger partial charge in [0.05, 0.1) is 11.3 Å². The van der Waals surface area contributed by atoms with E-state index in [2.05, 4.69) is 29.6 Å². The Bertz CT molecular complexity index is 1100. The van der Waals surface area contributed by atoms with Crippen molar-refractivity contribution >= 4 is 18.0 Å². The number of aliphatic carboxylic acids is 1. The molecule has 0 aromatic heterocycles. The lowest BCUT2D eigenvalue weighted by Crippen LogP contribution is -2.58. The van der Waals surface area contributed by atoms with Crippen molar-refractivity contribution in [2.24, 2.45) is 11.3 Å². The van der Waals surface area contributed by atoms with Crippen molar-refractivity contribution in [2.45, 2.75) is 51.0 Å². The van der Waals surface area contributed by atoms with Crippen molar-refractivity contribution < 1.29 is 24.2 Å². The first kappa shape index (κ1) is 23.4. The Hall–Kier alpha value is -3.35. The summed E-state index contributed by atoms with van der Waals surface area (Å²) in [6, 6.07) is 16.0. The van der Waals surface area contributed by atoms with Crippen molar-refractivity contribution in [3.63, 3.8) is 0 Å². The predicted molar refractivity (Wildman–Crippen MR) is 131 cm³/mol. The van der Waals surface area contributed by atoms with Crippen molar-refractivity contribution in [3.8, 4) is 11.1 Å². The predicted octanol–water partition coefficient (Wildman–Crippen LogP) is 4.41. The number of amides is 2. The highest BCUT2D eigenvalue weighted by molar-refractivity contribution is 5.86. The maximum absolute atomic E-state index is 13.5. The average Bonchev–Trinajstić information content (AvgIpc) is 3.15. The van der Waals surface area contributed by atoms with E-state index >= 15 is 0 Å². The average molecular weight is 477 g/mol. The summed E-state index contributed by atoms with van der Waals surface area (Å²) in [5.74, 6) is -1.45. The fraction of sp³-hybridized carbons (Fsp3) is 0.464. The molecule has 0 unspecified atom stereocenters. The van der Waals surface area contributed by atoms with E-state index < -0.39 is 23.4 Å². The van der Waals surface area contributed by atoms with Crippen LogP contribution in [0.25, 0.3) is 11.1 Å². The highest BCUT2D eigenvalue weighted by atomic mass is 16.5. The largest absolute Gasteiger partial charge is 0.481 e. The van der Waals surface area contributed by atoms with Gasteiger partial charge in [-0.3, -0.25) is 9.59 Å². The van der Waals surface area contributed by atoms with Crippen LogP contribution in [0.4, 0.5) is 4.79 Å². The third kappa shape index (κ3) is 4.17. The van der Waals surface area contributed by atoms with Crippen LogP contribution < -0.4 is 5.32 Å². The van der Waals surface area contributed by atoms with Gasteiger partial charge < -0.3 is 20.1 Å². The molecule has 2 fully saturated rings. The molecule has 1 saturated heterocycles. The van der Waals surface area contributed by atoms with E-state index in [4.69, 9.17) is 4.74 Å². The summed E-state index contributed by atoms with van der Waals surface area (Å²) in [6.07, 6.45) is 3.05. The van der Waals surface area contributed by atoms with Gasteiger partial charge in [-0.15, -0.1) is 0 Å². The smallest absolute Gasteiger partial charge is 0.407 e. The first-order chi connectivity index (χ1) is 16.9. The molecule has 1 saturated carbocycles. The lowest BCUT2D eigenvalue weighted by Gasteiger charge is -2.47. The van der Waals surface area contributed by atoms with Crippen LogP contribution in [0.3, 0.4) is 0 Å². The number of nitrogens with zero attached hydrogens (tertiary/aromatic N) is 1. The van der Waals surface area contributed by atoms with Crippen LogP contribution in [-0.4, -0.2) is 53.7 Å². The highest BCUT2D eigenvalue weighted by Crippen LogP contribution is 2.45. The summed E-state index contributed by atoms with van der Waals surface area (Å²) in [6.45, 7) is 2.82. The minimum atomic E-state index is -0.852. The monoisotopic (exact) mass is 476 g/mol. The van der Waals surface area contributed by atoms with Crippen molar-refractivity contribution in [1.82, 2.24) is 10.2 Å². The first-order valence-electron chi connectivity index (χ1n) is 12.5. The molecule has 3 aliphatic rings. The lowest BCUT2D eigenvalue weighted by molar-refractivity contribution is -0.157. The number of ether oxygens (including phenoxy) is 1. The molecular weight excluding hydrogens is 444 g/mol. The number of carboxylic acid groups (broad SMARTS) is 1. The van der Waals surface area contributed by atoms with Crippen LogP contribution in [0.15, 0.2) is 48.5 Å². The van der Waals surface area contributed by atoms with Crippen molar-refractivity contribution in [3.05, 3.63) is 59.7 Å². The van der Waals surface area contributed by atoms with Gasteiger partial charge in [0.25, 0.3) is 0 Å². The first-order valence-corrected chi connectivity index (χ1v) is 12.5. The van der Waals surface area contributed by atoms with E-state index in [0.717, 1.165) is 17.5 Å². The Morgan fingerprint density at radius 2 is 1.66 bits per heavy atom. The van der Waals surface area contributed by atoms with Gasteiger partial charge in [-0.05, 0) is 54.9 Å². The standard InChI is InChI=1S/C28H32N2O5/c1-18-19(25(31)32)12-6-15-30(18)26(33)28(13-7-14-28)17-29-27(34)35-16-24-22-10-4-2-8-20(22)21-9-3-5-11-23(21)24/h2-5,8-11,18-19,24H,6-7,12-17H2,1H3,(H,29,34)(H,31,32)/t18-,19-/m0/s1. The second-order valence-electron chi connectivity index (χ2n) is 10.1. The molecule has 1 heterocycles. The quantitative estimate of drug-likeness (QED) is 0.644. The highest BCUT2D eigenvalue weighted by Gasteiger charge is 2.49. The van der Waals surface area contributed by atoms with Gasteiger partial charge >= 0.3 is 12.1 Å². The Morgan fingerprint density at radius 1 is 1.03 bits per heavy atom. The van der Waals surface area contributed by atoms with Gasteiger partial charge in [0, 0.05) is 25.0 Å². The number of rotatable bonds is 6. The van der Waals surface area contributed by atoms with Crippen LogP contribution in [0.2, 0.25) is 0 Å². The van der Waals surface area contributed by atoms with Crippen molar-refractivity contribution in [1.29, 1.82) is 0 Å². The maximum Gasteiger partial charge on any atom is 0.407 e. The number of benzene rings is 2. The van der Waals surface area contributed by atoms with E-state index in [1.807, 2.05) is 31.2 Å². The summed E-state index contributed by atoms with van der Waals surface area (Å²) < 4.78 is 5.65. The maximum atomic E-state index is 13.5. The van der Waals surface area contributed by atoms with Gasteiger partial charge in [0.15, 0.2) is 0 Å². The third-order valence-electron chi connectivity index (χ3n) is 8.25. The molecule has 2 N–H and O–H groups in total. The van der Waals surface area contributed by atoms with E-state index in [1.165, 1.54) is 11.1 Å². The van der Waals surface area contributed by atoms with E-state index in [-0.39, 0.29) is 31.0 Å². The van der Waals surface area contributed by atoms with Gasteiger partial charge in [0.2, 0.25) is 5.91 Å². The number of alkyl carbamates (subject to hydrolysis) is 1. The lowest BCUT2D eigenvalue weighted by atomic mass is 9.67. The Balaban J connectivity index is 1.21. The molecule has 7 nitrogen and oxygen atoms in total. The molecule has 0 bridgehead atoms. The zero-order valence-corrected chi connectivity index (χ0v) is 20.0. The molecule has 184 valence electrons. The topological polar surface area (TPSA) is 95.9 Å². The number of hydrogen-bond donors (Lipinski definition) is 2. The fourth-order valence-corrected chi connectivity index (χ4v) is 6.03. The summed E-state index contributed by atoms with van der Waals surface area (Å²) in [5.41, 5.74) is 3.98. The molecule has 0 radical (unpaired) electrons. The molecule has 2 aromatic rings. The van der Waals surface area contributed by atoms with Gasteiger partial charge in [-0.2, -0.15) is 0 Å². The summed E-state index contributed by atoms with van der Waals surface area (Å²) in [5, 5.41) is 12.4. The van der Waals surface area contributed by atoms with Crippen LogP contribution in [0.1, 0.15) is 56.1 Å². The molecule has 35 heavy (non-hydrogen) atoms. The molecule has 5 rings (SSSR count). The molecule has 0 spiro atoms. The van der Waals surface area contributed by atoms with E-state index in [9.17, 15) is 19.5 Å². The minimum absolute atomic E-state index is 0.0189. The number of piperidine rings is 1. The second kappa shape index (κ2) is 9.36. The minimum Gasteiger partial charge on any atom is -0.481 e. The number of fused-ring (bicyclic) bond motifs is 3. The van der Waals surface area contributed by atoms with Crippen LogP contribution >= 0.6 is 0 Å². The molecule has 1 aliphatic heterocycles. The second-order valence-corrected chi connectivity index (χ2v) is 10.1. The third-order valence-corrected chi connectivity index (χ3v) is 8.25. The number of carbonyl (C=O) groups is 3. The van der Waals surface area contributed by atoms with Gasteiger partial charge in [-0.1, -0.05) is 55.0 Å². The van der Waals surface area contributed by atoms with Gasteiger partial charge in [-0.25, -0.2) is 4.79 Å². The van der Waals surface area contributed by atoms with Crippen LogP contribution in [-0.2, 0) is 14.3 Å². The number of carboxylic acids is 1. The number of hydrogen-bond acceptors (Lipinski definition) is 4. The van der Waals surface area contributed by atoms with Crippen LogP contribution in [0.5, 0.6) is 0 Å². The summed E-state index contributed by atoms with van der Waals surface area (Å²) in [4.78, 5) is 39.5. The Kier molecular flexibility index (Phi) is 6.26. The molecule has 2 aliphatic carbocycles. The fourth-order valence-electron chi connectivity index (χ4n) is 6.03. The SMILES string of the molecule is C[C@H]1[C@@H](C(=O)O)CCCN1C(=O)C1(CNC(=O)OCC2c3ccccc3-c3ccccc32)CCC1. The number of carbonyl (C=O) groups excluding carboxylic acids is 2. The van der Waals surface area contributed by atoms with E-state index in [1.54, 1.807) is 4.90 Å². The van der Waals surface area contributed by atoms with Gasteiger partial charge in [0.1, 0.15) is 6.61 Å². The summed E-state index contributed by atoms with van der Waals surface area (Å²) >= 11 is 0. The molecule has 7 heteroatoms. The Morgan fingerprint density at radius 3 is 2.23 bits per heavy atom. The number of nitrogens with one attached hydrogen (secondary N) is 1. The van der Waals surface area contributed by atoms with Crippen molar-refractivity contribution in [2.75, 3.05) is 19.7 Å². The van der Waals surface area contributed by atoms with Crippen LogP contribution in [0, 0.1) is 11.3 Å². The zero-order chi connectivity index (χ0) is 24.6. The number of likely N-dealkylation sites (tertiary alicyclic amines) is 1. The Labute approximate surface area is 205 Å². The normalized spacial score (nSPS) is 22.5. The molecular formula is C28H32N2O5. The molecule has 2 aromatic carbocycles.